The molecule has 0 aliphatic carbocycles. The monoisotopic (exact) mass is 215 g/mol. The number of anilines is 1. The number of aliphatic hydroxyl groups excluding tert-OH is 1. The number of hydrogen-bond acceptors (Lipinski definition) is 4. The summed E-state index contributed by atoms with van der Waals surface area (Å²) < 4.78 is 0. The van der Waals surface area contributed by atoms with Crippen LogP contribution in [0.1, 0.15) is 12.5 Å². The zero-order chi connectivity index (χ0) is 10.7. The smallest absolute Gasteiger partial charge is 0.137 e. The van der Waals surface area contributed by atoms with Gasteiger partial charge >= 0.3 is 0 Å². The number of nitrogens with zero attached hydrogens (tertiary/aromatic N) is 3. The van der Waals surface area contributed by atoms with Crippen molar-refractivity contribution < 1.29 is 5.11 Å². The first-order chi connectivity index (χ1) is 6.52. The molecule has 0 aromatic carbocycles. The number of aliphatic hydroxyl groups is 1. The molecule has 0 aliphatic heterocycles. The first-order valence-corrected chi connectivity index (χ1v) is 4.76. The first kappa shape index (κ1) is 11.2. The third-order valence-electron chi connectivity index (χ3n) is 1.90. The van der Waals surface area contributed by atoms with E-state index in [1.807, 2.05) is 18.9 Å². The van der Waals surface area contributed by atoms with Gasteiger partial charge in [0.15, 0.2) is 0 Å². The molecule has 78 valence electrons. The van der Waals surface area contributed by atoms with Gasteiger partial charge < -0.3 is 10.0 Å². The van der Waals surface area contributed by atoms with Crippen LogP contribution in [0.2, 0.25) is 5.15 Å². The summed E-state index contributed by atoms with van der Waals surface area (Å²) in [7, 11) is 1.86. The van der Waals surface area contributed by atoms with Gasteiger partial charge in [-0.2, -0.15) is 0 Å². The van der Waals surface area contributed by atoms with Crippen LogP contribution < -0.4 is 4.90 Å². The number of aromatic nitrogens is 2. The lowest BCUT2D eigenvalue weighted by Gasteiger charge is -2.21. The molecule has 0 bridgehead atoms. The Bertz CT molecular complexity index is 317. The number of rotatable bonds is 3. The minimum absolute atomic E-state index is 0.395. The molecule has 0 spiro atoms. The zero-order valence-electron chi connectivity index (χ0n) is 8.53. The van der Waals surface area contributed by atoms with Crippen LogP contribution in [0.3, 0.4) is 0 Å². The Hall–Kier alpha value is -0.870. The number of likely N-dealkylation sites (N-methyl/N-ethyl adjacent to an activating group) is 1. The van der Waals surface area contributed by atoms with E-state index in [2.05, 4.69) is 9.97 Å². The van der Waals surface area contributed by atoms with Gasteiger partial charge in [0.05, 0.1) is 6.10 Å². The molecule has 1 rings (SSSR count). The summed E-state index contributed by atoms with van der Waals surface area (Å²) in [4.78, 5) is 9.83. The normalized spacial score (nSPS) is 12.6. The molecule has 0 fully saturated rings. The minimum Gasteiger partial charge on any atom is -0.392 e. The molecule has 1 unspecified atom stereocenters. The maximum atomic E-state index is 9.23. The van der Waals surface area contributed by atoms with Crippen LogP contribution in [-0.4, -0.2) is 34.8 Å². The lowest BCUT2D eigenvalue weighted by Crippen LogP contribution is -2.28. The molecule has 1 aromatic rings. The Balaban J connectivity index is 2.89. The predicted octanol–water partition coefficient (Wildman–Crippen LogP) is 1.26. The van der Waals surface area contributed by atoms with Gasteiger partial charge in [-0.05, 0) is 13.8 Å². The number of halogens is 1. The van der Waals surface area contributed by atoms with Crippen molar-refractivity contribution in [3.63, 3.8) is 0 Å². The van der Waals surface area contributed by atoms with E-state index in [0.717, 1.165) is 11.4 Å². The van der Waals surface area contributed by atoms with Crippen LogP contribution in [0, 0.1) is 6.92 Å². The van der Waals surface area contributed by atoms with Crippen molar-refractivity contribution in [1.29, 1.82) is 0 Å². The fraction of sp³-hybridized carbons (Fsp3) is 0.556. The van der Waals surface area contributed by atoms with Crippen molar-refractivity contribution in [2.75, 3.05) is 18.5 Å². The van der Waals surface area contributed by atoms with E-state index in [0.29, 0.717) is 11.7 Å². The Morgan fingerprint density at radius 2 is 2.21 bits per heavy atom. The van der Waals surface area contributed by atoms with Crippen LogP contribution in [0.15, 0.2) is 6.33 Å². The van der Waals surface area contributed by atoms with E-state index in [1.165, 1.54) is 6.33 Å². The predicted molar refractivity (Wildman–Crippen MR) is 56.7 cm³/mol. The molecule has 1 heterocycles. The maximum absolute atomic E-state index is 9.23. The third-order valence-corrected chi connectivity index (χ3v) is 2.28. The molecular weight excluding hydrogens is 202 g/mol. The molecule has 1 atom stereocenters. The lowest BCUT2D eigenvalue weighted by atomic mass is 10.3. The Kier molecular flexibility index (Phi) is 3.66. The highest BCUT2D eigenvalue weighted by Gasteiger charge is 2.10. The largest absolute Gasteiger partial charge is 0.392 e. The molecular formula is C9H14ClN3O. The fourth-order valence-corrected chi connectivity index (χ4v) is 1.42. The molecule has 0 aliphatic rings. The van der Waals surface area contributed by atoms with E-state index >= 15 is 0 Å². The van der Waals surface area contributed by atoms with Crippen LogP contribution >= 0.6 is 11.6 Å². The van der Waals surface area contributed by atoms with Gasteiger partial charge in [0.1, 0.15) is 17.3 Å². The Morgan fingerprint density at radius 3 is 2.79 bits per heavy atom. The second-order valence-corrected chi connectivity index (χ2v) is 3.70. The van der Waals surface area contributed by atoms with E-state index in [4.69, 9.17) is 11.6 Å². The zero-order valence-corrected chi connectivity index (χ0v) is 9.28. The second kappa shape index (κ2) is 4.57. The molecule has 1 N–H and O–H groups in total. The molecule has 5 heteroatoms. The molecule has 4 nitrogen and oxygen atoms in total. The molecule has 14 heavy (non-hydrogen) atoms. The fourth-order valence-electron chi connectivity index (χ4n) is 1.29. The van der Waals surface area contributed by atoms with Gasteiger partial charge in [-0.15, -0.1) is 0 Å². The van der Waals surface area contributed by atoms with Crippen LogP contribution in [0.4, 0.5) is 5.82 Å². The minimum atomic E-state index is -0.395. The van der Waals surface area contributed by atoms with E-state index in [9.17, 15) is 5.11 Å². The summed E-state index contributed by atoms with van der Waals surface area (Å²) in [5.74, 6) is 0.755. The van der Waals surface area contributed by atoms with Crippen molar-refractivity contribution in [3.05, 3.63) is 17.0 Å². The van der Waals surface area contributed by atoms with Crippen molar-refractivity contribution in [1.82, 2.24) is 9.97 Å². The average Bonchev–Trinajstić information content (AvgIpc) is 2.08. The topological polar surface area (TPSA) is 49.2 Å². The van der Waals surface area contributed by atoms with Crippen LogP contribution in [-0.2, 0) is 0 Å². The summed E-state index contributed by atoms with van der Waals surface area (Å²) in [5.41, 5.74) is 0.831. The van der Waals surface area contributed by atoms with E-state index in [-0.39, 0.29) is 0 Å². The summed E-state index contributed by atoms with van der Waals surface area (Å²) >= 11 is 5.85. The SMILES string of the molecule is Cc1c(Cl)ncnc1N(C)CC(C)O. The lowest BCUT2D eigenvalue weighted by molar-refractivity contribution is 0.201. The van der Waals surface area contributed by atoms with Gasteiger partial charge in [0.25, 0.3) is 0 Å². The van der Waals surface area contributed by atoms with Crippen molar-refractivity contribution >= 4 is 17.4 Å². The molecule has 0 saturated heterocycles. The van der Waals surface area contributed by atoms with E-state index in [1.54, 1.807) is 6.92 Å². The second-order valence-electron chi connectivity index (χ2n) is 3.34. The molecule has 0 saturated carbocycles. The first-order valence-electron chi connectivity index (χ1n) is 4.38. The van der Waals surface area contributed by atoms with Gasteiger partial charge in [0, 0.05) is 19.2 Å². The van der Waals surface area contributed by atoms with Crippen molar-refractivity contribution in [3.8, 4) is 0 Å². The number of hydrogen-bond donors (Lipinski definition) is 1. The Morgan fingerprint density at radius 1 is 1.57 bits per heavy atom. The summed E-state index contributed by atoms with van der Waals surface area (Å²) in [6.07, 6.45) is 1.02. The summed E-state index contributed by atoms with van der Waals surface area (Å²) in [5, 5.41) is 9.68. The maximum Gasteiger partial charge on any atom is 0.137 e. The van der Waals surface area contributed by atoms with Gasteiger partial charge in [-0.25, -0.2) is 9.97 Å². The Labute approximate surface area is 88.6 Å². The van der Waals surface area contributed by atoms with Crippen LogP contribution in [0.25, 0.3) is 0 Å². The quantitative estimate of drug-likeness (QED) is 0.772. The van der Waals surface area contributed by atoms with Crippen LogP contribution in [0.5, 0.6) is 0 Å². The van der Waals surface area contributed by atoms with Gasteiger partial charge in [-0.3, -0.25) is 0 Å². The van der Waals surface area contributed by atoms with E-state index < -0.39 is 6.10 Å². The van der Waals surface area contributed by atoms with Gasteiger partial charge in [-0.1, -0.05) is 11.6 Å². The summed E-state index contributed by atoms with van der Waals surface area (Å²) in [6, 6.07) is 0. The highest BCUT2D eigenvalue weighted by molar-refractivity contribution is 6.30. The molecule has 1 aromatic heterocycles. The third kappa shape index (κ3) is 2.56. The standard InChI is InChI=1S/C9H14ClN3O/c1-6(14)4-13(3)9-7(2)8(10)11-5-12-9/h5-6,14H,4H2,1-3H3. The highest BCUT2D eigenvalue weighted by Crippen LogP contribution is 2.20. The van der Waals surface area contributed by atoms with Crippen molar-refractivity contribution in [2.45, 2.75) is 20.0 Å². The van der Waals surface area contributed by atoms with Crippen molar-refractivity contribution in [2.24, 2.45) is 0 Å². The van der Waals surface area contributed by atoms with Gasteiger partial charge in [0.2, 0.25) is 0 Å². The summed E-state index contributed by atoms with van der Waals surface area (Å²) in [6.45, 7) is 4.11. The average molecular weight is 216 g/mol. The highest BCUT2D eigenvalue weighted by atomic mass is 35.5. The molecule has 0 amide bonds. The molecule has 0 radical (unpaired) electrons.